The number of hydrogen-bond acceptors (Lipinski definition) is 4. The fourth-order valence-corrected chi connectivity index (χ4v) is 2.12. The van der Waals surface area contributed by atoms with E-state index in [9.17, 15) is 9.18 Å². The number of H-pyrrole nitrogens is 1. The molecule has 0 aromatic carbocycles. The Kier molecular flexibility index (Phi) is 5.62. The number of carbonyl (C=O) groups is 1. The van der Waals surface area contributed by atoms with E-state index in [-0.39, 0.29) is 11.4 Å². The molecule has 3 rings (SSSR count). The van der Waals surface area contributed by atoms with Crippen LogP contribution >= 0.6 is 0 Å². The van der Waals surface area contributed by atoms with Crippen molar-refractivity contribution < 1.29 is 9.18 Å². The number of carbonyl (C=O) groups excluding carboxylic acids is 1. The summed E-state index contributed by atoms with van der Waals surface area (Å²) in [6, 6.07) is 4.83. The van der Waals surface area contributed by atoms with E-state index in [1.54, 1.807) is 18.5 Å². The van der Waals surface area contributed by atoms with Crippen molar-refractivity contribution in [2.24, 2.45) is 5.73 Å². The smallest absolute Gasteiger partial charge is 0.252 e. The Morgan fingerprint density at radius 3 is 2.92 bits per heavy atom. The van der Waals surface area contributed by atoms with Crippen LogP contribution in [0.15, 0.2) is 49.4 Å². The second-order valence-electron chi connectivity index (χ2n) is 4.89. The molecule has 0 saturated carbocycles. The van der Waals surface area contributed by atoms with Gasteiger partial charge in [-0.2, -0.15) is 0 Å². The molecule has 0 aliphatic heterocycles. The number of nitrogens with one attached hydrogen (secondary N) is 2. The quantitative estimate of drug-likeness (QED) is 0.642. The van der Waals surface area contributed by atoms with Gasteiger partial charge in [0.1, 0.15) is 17.3 Å². The van der Waals surface area contributed by atoms with Crippen LogP contribution in [0, 0.1) is 5.82 Å². The zero-order valence-corrected chi connectivity index (χ0v) is 13.2. The lowest BCUT2D eigenvalue weighted by Crippen LogP contribution is -2.16. The first kappa shape index (κ1) is 17.1. The van der Waals surface area contributed by atoms with E-state index < -0.39 is 11.7 Å². The van der Waals surface area contributed by atoms with Gasteiger partial charge in [0.05, 0.1) is 11.8 Å². The van der Waals surface area contributed by atoms with Crippen molar-refractivity contribution in [2.75, 3.05) is 5.32 Å². The van der Waals surface area contributed by atoms with Gasteiger partial charge in [-0.3, -0.25) is 4.79 Å². The van der Waals surface area contributed by atoms with E-state index >= 15 is 0 Å². The van der Waals surface area contributed by atoms with Gasteiger partial charge in [0.15, 0.2) is 0 Å². The third kappa shape index (κ3) is 3.95. The van der Waals surface area contributed by atoms with Gasteiger partial charge < -0.3 is 16.0 Å². The highest BCUT2D eigenvalue weighted by Crippen LogP contribution is 2.18. The van der Waals surface area contributed by atoms with Gasteiger partial charge >= 0.3 is 0 Å². The van der Waals surface area contributed by atoms with E-state index in [0.717, 1.165) is 28.9 Å². The molecule has 3 aromatic heterocycles. The molecule has 124 valence electrons. The number of hydrogen-bond donors (Lipinski definition) is 3. The lowest BCUT2D eigenvalue weighted by molar-refractivity contribution is 0.100. The number of allylic oxidation sites excluding steroid dienone is 1. The number of rotatable bonds is 4. The van der Waals surface area contributed by atoms with Crippen molar-refractivity contribution in [1.29, 1.82) is 0 Å². The first-order valence-electron chi connectivity index (χ1n) is 7.24. The topological polar surface area (TPSA) is 96.7 Å². The fourth-order valence-electron chi connectivity index (χ4n) is 2.12. The van der Waals surface area contributed by atoms with Crippen molar-refractivity contribution in [2.45, 2.75) is 13.5 Å². The van der Waals surface area contributed by atoms with Crippen LogP contribution in [-0.4, -0.2) is 20.9 Å². The largest absolute Gasteiger partial charge is 0.365 e. The fraction of sp³-hybridized carbons (Fsp3) is 0.118. The molecule has 0 bridgehead atoms. The van der Waals surface area contributed by atoms with Gasteiger partial charge in [-0.25, -0.2) is 14.4 Å². The number of fused-ring (bicyclic) bond motifs is 1. The molecular weight excluding hydrogens is 309 g/mol. The van der Waals surface area contributed by atoms with Crippen molar-refractivity contribution in [3.63, 3.8) is 0 Å². The Bertz CT molecular complexity index is 859. The SMILES string of the molecule is C=CC.NC(=O)c1cc(F)cnc1NCc1ccnc2[nH]ccc12. The summed E-state index contributed by atoms with van der Waals surface area (Å²) in [5.74, 6) is -1.08. The highest BCUT2D eigenvalue weighted by molar-refractivity contribution is 5.97. The zero-order valence-electron chi connectivity index (χ0n) is 13.2. The number of aromatic amines is 1. The summed E-state index contributed by atoms with van der Waals surface area (Å²) in [7, 11) is 0. The summed E-state index contributed by atoms with van der Waals surface area (Å²) in [6.07, 6.45) is 6.27. The normalized spacial score (nSPS) is 9.92. The summed E-state index contributed by atoms with van der Waals surface area (Å²) >= 11 is 0. The second kappa shape index (κ2) is 7.87. The third-order valence-corrected chi connectivity index (χ3v) is 3.12. The third-order valence-electron chi connectivity index (χ3n) is 3.12. The summed E-state index contributed by atoms with van der Waals surface area (Å²) in [4.78, 5) is 22.4. The highest BCUT2D eigenvalue weighted by Gasteiger charge is 2.11. The molecule has 0 radical (unpaired) electrons. The molecule has 0 atom stereocenters. The van der Waals surface area contributed by atoms with Gasteiger partial charge in [0.25, 0.3) is 5.91 Å². The minimum atomic E-state index is -0.731. The minimum Gasteiger partial charge on any atom is -0.365 e. The van der Waals surface area contributed by atoms with Gasteiger partial charge in [-0.15, -0.1) is 6.58 Å². The second-order valence-corrected chi connectivity index (χ2v) is 4.89. The summed E-state index contributed by atoms with van der Waals surface area (Å²) in [5.41, 5.74) is 7.00. The standard InChI is InChI=1S/C14H12FN5O.C3H6/c15-9-5-11(12(16)21)14(20-7-9)19-6-8-1-3-17-13-10(8)2-4-18-13;1-3-2/h1-5,7H,6H2,(H2,16,21)(H,17,18)(H,19,20);3H,1H2,2H3. The minimum absolute atomic E-state index is 0.0226. The number of amides is 1. The molecule has 0 unspecified atom stereocenters. The highest BCUT2D eigenvalue weighted by atomic mass is 19.1. The van der Waals surface area contributed by atoms with Crippen LogP contribution in [0.1, 0.15) is 22.8 Å². The maximum atomic E-state index is 13.1. The number of nitrogens with zero attached hydrogens (tertiary/aromatic N) is 2. The summed E-state index contributed by atoms with van der Waals surface area (Å²) in [6.45, 7) is 5.66. The van der Waals surface area contributed by atoms with Crippen LogP contribution in [0.2, 0.25) is 0 Å². The average Bonchev–Trinajstić information content (AvgIpc) is 3.03. The van der Waals surface area contributed by atoms with Crippen molar-refractivity contribution in [3.05, 3.63) is 66.4 Å². The van der Waals surface area contributed by atoms with Crippen molar-refractivity contribution in [3.8, 4) is 0 Å². The monoisotopic (exact) mass is 327 g/mol. The van der Waals surface area contributed by atoms with Gasteiger partial charge in [-0.1, -0.05) is 6.08 Å². The van der Waals surface area contributed by atoms with E-state index in [1.165, 1.54) is 0 Å². The predicted octanol–water partition coefficient (Wildman–Crippen LogP) is 3.00. The number of pyridine rings is 2. The number of anilines is 1. The maximum absolute atomic E-state index is 13.1. The van der Waals surface area contributed by atoms with Crippen molar-refractivity contribution in [1.82, 2.24) is 15.0 Å². The van der Waals surface area contributed by atoms with Crippen LogP contribution in [0.5, 0.6) is 0 Å². The molecule has 1 amide bonds. The first-order chi connectivity index (χ1) is 11.6. The van der Waals surface area contributed by atoms with Crippen molar-refractivity contribution >= 4 is 22.8 Å². The van der Waals surface area contributed by atoms with E-state index in [2.05, 4.69) is 26.8 Å². The molecule has 24 heavy (non-hydrogen) atoms. The number of primary amides is 1. The Morgan fingerprint density at radius 2 is 2.21 bits per heavy atom. The molecule has 0 aliphatic carbocycles. The Morgan fingerprint density at radius 1 is 1.46 bits per heavy atom. The predicted molar refractivity (Wildman–Crippen MR) is 92.0 cm³/mol. The molecular formula is C17H18FN5O. The Hall–Kier alpha value is -3.22. The molecule has 0 saturated heterocycles. The van der Waals surface area contributed by atoms with Crippen LogP contribution in [0.4, 0.5) is 10.2 Å². The molecule has 0 aliphatic rings. The molecule has 6 nitrogen and oxygen atoms in total. The van der Waals surface area contributed by atoms with E-state index in [1.807, 2.05) is 19.1 Å². The maximum Gasteiger partial charge on any atom is 0.252 e. The van der Waals surface area contributed by atoms with E-state index in [0.29, 0.717) is 6.54 Å². The molecule has 3 aromatic rings. The van der Waals surface area contributed by atoms with Crippen LogP contribution in [-0.2, 0) is 6.54 Å². The van der Waals surface area contributed by atoms with Gasteiger partial charge in [0, 0.05) is 24.3 Å². The summed E-state index contributed by atoms with van der Waals surface area (Å²) < 4.78 is 13.1. The van der Waals surface area contributed by atoms with Crippen LogP contribution < -0.4 is 11.1 Å². The molecule has 4 N–H and O–H groups in total. The van der Waals surface area contributed by atoms with Crippen LogP contribution in [0.3, 0.4) is 0 Å². The molecule has 0 spiro atoms. The first-order valence-corrected chi connectivity index (χ1v) is 7.24. The van der Waals surface area contributed by atoms with Gasteiger partial charge in [-0.05, 0) is 30.7 Å². The molecule has 7 heteroatoms. The molecule has 0 fully saturated rings. The molecule has 3 heterocycles. The van der Waals surface area contributed by atoms with E-state index in [4.69, 9.17) is 5.73 Å². The van der Waals surface area contributed by atoms with Gasteiger partial charge in [0.2, 0.25) is 0 Å². The lowest BCUT2D eigenvalue weighted by atomic mass is 10.2. The number of nitrogens with two attached hydrogens (primary N) is 1. The Balaban J connectivity index is 0.000000647. The lowest BCUT2D eigenvalue weighted by Gasteiger charge is -2.09. The summed E-state index contributed by atoms with van der Waals surface area (Å²) in [5, 5.41) is 3.97. The Labute approximate surface area is 138 Å². The van der Waals surface area contributed by atoms with Crippen LogP contribution in [0.25, 0.3) is 11.0 Å². The average molecular weight is 327 g/mol. The number of halogens is 1. The zero-order chi connectivity index (χ0) is 17.5. The number of aromatic nitrogens is 3.